The van der Waals surface area contributed by atoms with Gasteiger partial charge in [-0.25, -0.2) is 9.78 Å². The van der Waals surface area contributed by atoms with Crippen LogP contribution >= 0.6 is 0 Å². The molecule has 144 heavy (non-hydrogen) atoms. The standard InChI is InChI=1S/C96H151N29O19/c1-11-54(8)76-87(139)116-66(42-51(2)3)80(132)115-68(46-73(127)128)83(135)124-95(9,36-20-14-12-13-15-21-37-96(10,91(144)122-76)123-82(134)65(34-35-72(98)126)113-84(136)71-33-25-41-125(71)88(140)69(43-55-47-109-61-29-18-16-26-58(55)61)117-77(129)60(97)28-22-38-106-92(99)100)90(143)119-67(45-57-49-105-50-111-57)81(133)121-74(52(4)5)85(137)114-63(31-23-39-107-93(101)102)78(130)112-64(32-24-40-108-94(103)104)79(131)120-75(53(6)7)86(138)118-70(89(141)142)44-56-48-110-62-30-19-17-27-59(56)62/h12-13,16-20,26-27,29-30,36,47-54,60,63-71,74-76,92-94,106-110H,11,14-15,21-25,28,31-35,37-46,97,99-104H2,1-10H3,(H2,98,126)(H,105,111)(H,112,130)(H,113,136)(H,114,137)(H,115,132)(H,116,139)(H,117,129)(H,118,138)(H,119,143)(H,120,131)(H,121,133)(H,122,144)(H,123,134)(H,124,135)(H,127,128)(H,141,142)/b13-12-,36-20+/t54-,60-,63-,64-,65-,66-,67-,68-,69-,70-,71-,74-,75-,76-,95-,96-/m0/s1. The molecule has 5 aromatic rings. The van der Waals surface area contributed by atoms with Crippen molar-refractivity contribution in [3.05, 3.63) is 115 Å². The number of benzene rings is 2. The highest BCUT2D eigenvalue weighted by molar-refractivity contribution is 6.03. The van der Waals surface area contributed by atoms with Gasteiger partial charge in [0.1, 0.15) is 102 Å². The first-order valence-electron chi connectivity index (χ1n) is 49.0. The molecule has 0 aliphatic carbocycles. The van der Waals surface area contributed by atoms with Gasteiger partial charge in [-0.15, -0.1) is 0 Å². The summed E-state index contributed by atoms with van der Waals surface area (Å²) in [6.07, 6.45) is 7.77. The van der Waals surface area contributed by atoms with Crippen LogP contribution in [0.4, 0.5) is 0 Å². The minimum atomic E-state index is -2.31. The molecular formula is C96H151N29O19. The highest BCUT2D eigenvalue weighted by Crippen LogP contribution is 2.27. The van der Waals surface area contributed by atoms with Crippen LogP contribution in [-0.2, 0) is 101 Å². The molecule has 48 heteroatoms. The van der Waals surface area contributed by atoms with Crippen LogP contribution in [0, 0.1) is 23.7 Å². The molecule has 2 aliphatic heterocycles. The zero-order valence-electron chi connectivity index (χ0n) is 83.6. The number of nitrogens with two attached hydrogens (primary N) is 8. The minimum Gasteiger partial charge on any atom is -0.481 e. The lowest BCUT2D eigenvalue weighted by atomic mass is 9.90. The Labute approximate surface area is 836 Å². The predicted molar refractivity (Wildman–Crippen MR) is 535 cm³/mol. The summed E-state index contributed by atoms with van der Waals surface area (Å²) in [6, 6.07) is -4.80. The van der Waals surface area contributed by atoms with E-state index in [2.05, 4.69) is 105 Å². The second-order valence-electron chi connectivity index (χ2n) is 38.4. The van der Waals surface area contributed by atoms with Gasteiger partial charge in [0.05, 0.1) is 24.5 Å². The second-order valence-corrected chi connectivity index (χ2v) is 38.4. The number of rotatable bonds is 52. The number of carbonyl (C=O) groups excluding carboxylic acids is 15. The largest absolute Gasteiger partial charge is 0.481 e. The van der Waals surface area contributed by atoms with Crippen molar-refractivity contribution in [2.24, 2.45) is 69.5 Å². The molecule has 1 saturated heterocycles. The summed E-state index contributed by atoms with van der Waals surface area (Å²) in [5.74, 6) is -19.5. The van der Waals surface area contributed by atoms with E-state index in [1.807, 2.05) is 30.3 Å². The number of hydrogen-bond donors (Lipinski definition) is 29. The Bertz CT molecular complexity index is 5230. The normalized spacial score (nSPS) is 20.5. The smallest absolute Gasteiger partial charge is 0.326 e. The van der Waals surface area contributed by atoms with Gasteiger partial charge in [-0.3, -0.25) is 92.7 Å². The number of nitrogens with one attached hydrogen (secondary N) is 19. The van der Waals surface area contributed by atoms with Crippen LogP contribution in [0.3, 0.4) is 0 Å². The van der Waals surface area contributed by atoms with Crippen molar-refractivity contribution in [1.82, 2.24) is 110 Å². The molecule has 0 saturated carbocycles. The van der Waals surface area contributed by atoms with Gasteiger partial charge in [-0.1, -0.05) is 123 Å². The van der Waals surface area contributed by atoms with E-state index >= 15 is 38.4 Å². The first-order valence-corrected chi connectivity index (χ1v) is 49.0. The Morgan fingerprint density at radius 2 is 1.06 bits per heavy atom. The van der Waals surface area contributed by atoms with E-state index in [9.17, 15) is 53.4 Å². The molecule has 15 amide bonds. The van der Waals surface area contributed by atoms with Crippen molar-refractivity contribution in [2.45, 2.75) is 306 Å². The third-order valence-electron chi connectivity index (χ3n) is 25.3. The molecule has 5 heterocycles. The predicted octanol–water partition coefficient (Wildman–Crippen LogP) is -3.57. The number of hydrogen-bond acceptors (Lipinski definition) is 28. The average Bonchev–Trinajstić information content (AvgIpc) is 1.62. The number of likely N-dealkylation sites (tertiary alicyclic amines) is 1. The van der Waals surface area contributed by atoms with Crippen LogP contribution in [0.25, 0.3) is 21.8 Å². The molecule has 794 valence electrons. The summed E-state index contributed by atoms with van der Waals surface area (Å²) in [4.78, 5) is 262. The van der Waals surface area contributed by atoms with Gasteiger partial charge in [-0.2, -0.15) is 0 Å². The fraction of sp³-hybridized carbons (Fsp3) is 0.583. The Morgan fingerprint density at radius 3 is 1.59 bits per heavy atom. The number of amides is 15. The third-order valence-corrected chi connectivity index (χ3v) is 25.3. The van der Waals surface area contributed by atoms with Crippen molar-refractivity contribution in [1.29, 1.82) is 0 Å². The van der Waals surface area contributed by atoms with E-state index in [1.54, 1.807) is 98.1 Å². The maximum atomic E-state index is 15.5. The van der Waals surface area contributed by atoms with Crippen molar-refractivity contribution < 1.29 is 91.7 Å². The monoisotopic (exact) mass is 2010 g/mol. The summed E-state index contributed by atoms with van der Waals surface area (Å²) in [6.45, 7) is 16.3. The van der Waals surface area contributed by atoms with Crippen molar-refractivity contribution >= 4 is 122 Å². The number of para-hydroxylation sites is 2. The number of aromatic nitrogens is 4. The zero-order valence-corrected chi connectivity index (χ0v) is 83.6. The molecule has 37 N–H and O–H groups in total. The van der Waals surface area contributed by atoms with E-state index in [4.69, 9.17) is 45.9 Å². The number of imidazole rings is 1. The molecule has 0 bridgehead atoms. The molecule has 2 aliphatic rings. The van der Waals surface area contributed by atoms with Crippen LogP contribution in [0.1, 0.15) is 195 Å². The quantitative estimate of drug-likeness (QED) is 0.0102. The fourth-order valence-electron chi connectivity index (χ4n) is 16.9. The third kappa shape index (κ3) is 36.9. The van der Waals surface area contributed by atoms with Gasteiger partial charge in [0.2, 0.25) is 88.6 Å². The molecular weight excluding hydrogens is 1860 g/mol. The van der Waals surface area contributed by atoms with Crippen LogP contribution in [0.15, 0.2) is 97.8 Å². The molecule has 7 rings (SSSR count). The number of H-pyrrole nitrogens is 3. The Morgan fingerprint density at radius 1 is 0.542 bits per heavy atom. The molecule has 48 nitrogen and oxygen atoms in total. The van der Waals surface area contributed by atoms with Crippen LogP contribution in [0.5, 0.6) is 0 Å². The summed E-state index contributed by atoms with van der Waals surface area (Å²) >= 11 is 0. The number of carboxylic acids is 2. The van der Waals surface area contributed by atoms with Crippen LogP contribution < -0.4 is 131 Å². The number of nitrogens with zero attached hydrogens (tertiary/aromatic N) is 2. The first-order chi connectivity index (χ1) is 68.1. The molecule has 16 atom stereocenters. The number of allylic oxidation sites excluding steroid dienone is 3. The lowest BCUT2D eigenvalue weighted by Crippen LogP contribution is -2.65. The van der Waals surface area contributed by atoms with Gasteiger partial charge >= 0.3 is 11.9 Å². The van der Waals surface area contributed by atoms with E-state index in [-0.39, 0.29) is 115 Å². The summed E-state index contributed by atoms with van der Waals surface area (Å²) in [5.41, 5.74) is 45.1. The fourth-order valence-corrected chi connectivity index (χ4v) is 16.9. The number of primary amides is 1. The molecule has 0 spiro atoms. The summed E-state index contributed by atoms with van der Waals surface area (Å²) in [5, 5.41) is 65.8. The SMILES string of the molecule is CC[C@H](C)[C@@H]1NC(=O)[C@@](C)(NC(=O)[C@H](CCC(N)=O)NC(=O)[C@@H]2CCCN2C(=O)[C@H](Cc2c[nH]c3ccccc23)NC(=O)[C@@H](N)CCCNC(N)N)CCC/C=C\C/C=C/[C@@](C)(C(=O)N[C@@H](Cc2c[nH]cn2)C(=O)N[C@H](C(=O)N[C@@H](CCCNC(N)N)C(=O)N[C@@H](CCCNC(N)N)C(=O)N[C@H](C(=O)N[C@@H](Cc2c[nH]c3ccccc23)C(=O)O)C(C)C)C(C)C)NC(=O)[C@H](CC(=O)O)NC(=O)[C@H](CC(C)C)NC1=O. The minimum absolute atomic E-state index is 0.0252. The topological polar surface area (TPSA) is 795 Å². The van der Waals surface area contributed by atoms with Gasteiger partial charge in [0, 0.05) is 72.6 Å². The van der Waals surface area contributed by atoms with Gasteiger partial charge in [0.15, 0.2) is 0 Å². The van der Waals surface area contributed by atoms with Gasteiger partial charge in [0.25, 0.3) is 0 Å². The Balaban J connectivity index is 1.17. The van der Waals surface area contributed by atoms with E-state index < -0.39 is 258 Å². The maximum Gasteiger partial charge on any atom is 0.326 e. The molecule has 1 fully saturated rings. The number of aliphatic carboxylic acids is 2. The summed E-state index contributed by atoms with van der Waals surface area (Å²) < 4.78 is 0. The number of carboxylic acid groups (broad SMARTS) is 2. The van der Waals surface area contributed by atoms with E-state index in [0.717, 1.165) is 21.8 Å². The van der Waals surface area contributed by atoms with Crippen LogP contribution in [0.2, 0.25) is 0 Å². The zero-order chi connectivity index (χ0) is 106. The average molecular weight is 2020 g/mol. The second kappa shape index (κ2) is 57.3. The van der Waals surface area contributed by atoms with E-state index in [1.165, 1.54) is 43.4 Å². The van der Waals surface area contributed by atoms with Crippen molar-refractivity contribution in [3.8, 4) is 0 Å². The molecule has 0 unspecified atom stereocenters. The van der Waals surface area contributed by atoms with Crippen molar-refractivity contribution in [3.63, 3.8) is 0 Å². The highest BCUT2D eigenvalue weighted by Gasteiger charge is 2.46. The Hall–Kier alpha value is -13.2. The van der Waals surface area contributed by atoms with Crippen LogP contribution in [-0.4, -0.2) is 270 Å². The number of fused-ring (bicyclic) bond motifs is 2. The molecule has 2 aromatic carbocycles. The first kappa shape index (κ1) is 118. The maximum absolute atomic E-state index is 15.5. The van der Waals surface area contributed by atoms with E-state index in [0.29, 0.717) is 30.5 Å². The lowest BCUT2D eigenvalue weighted by molar-refractivity contribution is -0.143. The van der Waals surface area contributed by atoms with Gasteiger partial charge in [-0.05, 0) is 170 Å². The van der Waals surface area contributed by atoms with Gasteiger partial charge < -0.3 is 145 Å². The number of carbonyl (C=O) groups is 17. The Kier molecular flexibility index (Phi) is 46.9. The lowest BCUT2D eigenvalue weighted by Gasteiger charge is -2.35. The molecule has 3 aromatic heterocycles. The number of aromatic amines is 3. The molecule has 0 radical (unpaired) electrons. The van der Waals surface area contributed by atoms with Crippen molar-refractivity contribution in [2.75, 3.05) is 26.2 Å². The highest BCUT2D eigenvalue weighted by atomic mass is 16.4. The summed E-state index contributed by atoms with van der Waals surface area (Å²) in [7, 11) is 0.